The number of likely N-dealkylation sites (tertiary alicyclic amines) is 1. The molecule has 6 heteroatoms. The highest BCUT2D eigenvalue weighted by Gasteiger charge is 2.38. The van der Waals surface area contributed by atoms with Crippen molar-refractivity contribution in [2.75, 3.05) is 31.8 Å². The zero-order valence-corrected chi connectivity index (χ0v) is 17.6. The van der Waals surface area contributed by atoms with Gasteiger partial charge in [-0.25, -0.2) is 0 Å². The third kappa shape index (κ3) is 4.49. The van der Waals surface area contributed by atoms with Gasteiger partial charge in [-0.1, -0.05) is 32.9 Å². The van der Waals surface area contributed by atoms with E-state index in [1.165, 1.54) is 5.56 Å². The second kappa shape index (κ2) is 8.23. The summed E-state index contributed by atoms with van der Waals surface area (Å²) in [6.07, 6.45) is 1.95. The zero-order valence-electron chi connectivity index (χ0n) is 16.8. The number of rotatable bonds is 3. The van der Waals surface area contributed by atoms with Gasteiger partial charge in [-0.05, 0) is 43.0 Å². The summed E-state index contributed by atoms with van der Waals surface area (Å²) in [7, 11) is 1.97. The van der Waals surface area contributed by atoms with Crippen LogP contribution in [0.15, 0.2) is 24.3 Å². The van der Waals surface area contributed by atoms with Gasteiger partial charge in [0.05, 0.1) is 5.88 Å². The zero-order chi connectivity index (χ0) is 19.6. The van der Waals surface area contributed by atoms with E-state index in [2.05, 4.69) is 26.1 Å². The molecule has 2 fully saturated rings. The molecule has 1 N–H and O–H groups in total. The van der Waals surface area contributed by atoms with Crippen molar-refractivity contribution in [3.05, 3.63) is 35.4 Å². The van der Waals surface area contributed by atoms with Gasteiger partial charge in [0, 0.05) is 30.4 Å². The summed E-state index contributed by atoms with van der Waals surface area (Å²) < 4.78 is 0. The maximum absolute atomic E-state index is 13.0. The molecule has 1 atom stereocenters. The average molecular weight is 390 g/mol. The number of thioether (sulfide) groups is 1. The lowest BCUT2D eigenvalue weighted by Gasteiger charge is -2.35. The van der Waals surface area contributed by atoms with Crippen molar-refractivity contribution < 1.29 is 9.59 Å². The first kappa shape index (κ1) is 20.2. The van der Waals surface area contributed by atoms with Gasteiger partial charge in [0.1, 0.15) is 6.04 Å². The Kier molecular flexibility index (Phi) is 6.16. The third-order valence-corrected chi connectivity index (χ3v) is 6.65. The molecule has 148 valence electrons. The molecule has 1 unspecified atom stereocenters. The van der Waals surface area contributed by atoms with Crippen LogP contribution < -0.4 is 5.32 Å². The van der Waals surface area contributed by atoms with E-state index in [0.717, 1.165) is 25.9 Å². The topological polar surface area (TPSA) is 52.7 Å². The largest absolute Gasteiger partial charge is 0.341 e. The van der Waals surface area contributed by atoms with Gasteiger partial charge in [0.2, 0.25) is 5.91 Å². The molecule has 0 aromatic heterocycles. The van der Waals surface area contributed by atoms with Gasteiger partial charge < -0.3 is 15.1 Å². The minimum Gasteiger partial charge on any atom is -0.341 e. The fourth-order valence-corrected chi connectivity index (χ4v) is 4.87. The van der Waals surface area contributed by atoms with Gasteiger partial charge >= 0.3 is 0 Å². The molecule has 27 heavy (non-hydrogen) atoms. The molecule has 1 aromatic rings. The minimum atomic E-state index is -0.337. The van der Waals surface area contributed by atoms with Crippen LogP contribution in [0.3, 0.4) is 0 Å². The van der Waals surface area contributed by atoms with Crippen molar-refractivity contribution in [3.63, 3.8) is 0 Å². The van der Waals surface area contributed by atoms with E-state index in [4.69, 9.17) is 0 Å². The smallest absolute Gasteiger partial charge is 0.255 e. The first-order valence-corrected chi connectivity index (χ1v) is 10.9. The van der Waals surface area contributed by atoms with Gasteiger partial charge in [-0.3, -0.25) is 9.59 Å². The molecule has 2 amide bonds. The van der Waals surface area contributed by atoms with Crippen molar-refractivity contribution in [2.24, 2.45) is 0 Å². The molecular weight excluding hydrogens is 358 g/mol. The number of hydrogen-bond acceptors (Lipinski definition) is 4. The Hall–Kier alpha value is -1.53. The minimum absolute atomic E-state index is 0.0380. The third-order valence-electron chi connectivity index (χ3n) is 5.64. The first-order valence-electron chi connectivity index (χ1n) is 9.76. The van der Waals surface area contributed by atoms with Crippen LogP contribution in [-0.4, -0.2) is 65.5 Å². The maximum Gasteiger partial charge on any atom is 0.255 e. The highest BCUT2D eigenvalue weighted by Crippen LogP contribution is 2.27. The summed E-state index contributed by atoms with van der Waals surface area (Å²) in [5.41, 5.74) is 1.93. The van der Waals surface area contributed by atoms with Crippen LogP contribution in [0.2, 0.25) is 0 Å². The van der Waals surface area contributed by atoms with Crippen molar-refractivity contribution in [2.45, 2.75) is 51.1 Å². The molecule has 0 saturated carbocycles. The highest BCUT2D eigenvalue weighted by molar-refractivity contribution is 7.99. The molecule has 2 aliphatic heterocycles. The molecule has 5 nitrogen and oxygen atoms in total. The van der Waals surface area contributed by atoms with E-state index < -0.39 is 0 Å². The summed E-state index contributed by atoms with van der Waals surface area (Å²) in [6.45, 7) is 8.02. The lowest BCUT2D eigenvalue weighted by Crippen LogP contribution is -2.52. The normalized spacial score (nSPS) is 21.6. The Morgan fingerprint density at radius 3 is 2.30 bits per heavy atom. The second-order valence-electron chi connectivity index (χ2n) is 8.51. The number of nitrogens with one attached hydrogen (secondary N) is 1. The molecule has 0 bridgehead atoms. The van der Waals surface area contributed by atoms with Crippen LogP contribution in [0.25, 0.3) is 0 Å². The fourth-order valence-electron chi connectivity index (χ4n) is 3.73. The van der Waals surface area contributed by atoms with E-state index >= 15 is 0 Å². The molecule has 1 aromatic carbocycles. The highest BCUT2D eigenvalue weighted by atomic mass is 32.2. The number of benzene rings is 1. The predicted octanol–water partition coefficient (Wildman–Crippen LogP) is 2.71. The predicted molar refractivity (Wildman–Crippen MR) is 111 cm³/mol. The quantitative estimate of drug-likeness (QED) is 0.864. The first-order chi connectivity index (χ1) is 12.8. The van der Waals surface area contributed by atoms with Gasteiger partial charge in [0.25, 0.3) is 5.91 Å². The van der Waals surface area contributed by atoms with Gasteiger partial charge in [-0.2, -0.15) is 0 Å². The number of nitrogens with zero attached hydrogens (tertiary/aromatic N) is 2. The Morgan fingerprint density at radius 2 is 1.74 bits per heavy atom. The number of hydrogen-bond donors (Lipinski definition) is 1. The Morgan fingerprint density at radius 1 is 1.11 bits per heavy atom. The van der Waals surface area contributed by atoms with Crippen LogP contribution in [0, 0.1) is 0 Å². The van der Waals surface area contributed by atoms with E-state index in [9.17, 15) is 9.59 Å². The molecule has 2 aliphatic rings. The summed E-state index contributed by atoms with van der Waals surface area (Å²) in [5.74, 6) is 1.35. The monoisotopic (exact) mass is 389 g/mol. The number of amides is 2. The SMILES string of the molecule is CNC1CCN(C(=O)C2CSCN2C(=O)c2ccc(C(C)(C)C)cc2)CC1. The summed E-state index contributed by atoms with van der Waals surface area (Å²) in [6, 6.07) is 7.99. The summed E-state index contributed by atoms with van der Waals surface area (Å²) in [5, 5.41) is 3.29. The van der Waals surface area contributed by atoms with Crippen LogP contribution in [0.4, 0.5) is 0 Å². The lowest BCUT2D eigenvalue weighted by atomic mass is 9.86. The van der Waals surface area contributed by atoms with E-state index in [1.807, 2.05) is 36.2 Å². The second-order valence-corrected chi connectivity index (χ2v) is 9.51. The molecule has 3 rings (SSSR count). The van der Waals surface area contributed by atoms with Crippen LogP contribution in [-0.2, 0) is 10.2 Å². The molecular formula is C21H31N3O2S. The van der Waals surface area contributed by atoms with Crippen LogP contribution in [0.1, 0.15) is 49.5 Å². The Balaban J connectivity index is 1.68. The van der Waals surface area contributed by atoms with Gasteiger partial charge in [-0.15, -0.1) is 11.8 Å². The Labute approximate surface area is 166 Å². The summed E-state index contributed by atoms with van der Waals surface area (Å²) >= 11 is 1.66. The average Bonchev–Trinajstić information content (AvgIpc) is 3.16. The molecule has 0 spiro atoms. The molecule has 2 heterocycles. The van der Waals surface area contributed by atoms with Crippen LogP contribution in [0.5, 0.6) is 0 Å². The van der Waals surface area contributed by atoms with E-state index in [0.29, 0.717) is 23.2 Å². The van der Waals surface area contributed by atoms with Gasteiger partial charge in [0.15, 0.2) is 0 Å². The maximum atomic E-state index is 13.0. The van der Waals surface area contributed by atoms with Crippen LogP contribution >= 0.6 is 11.8 Å². The van der Waals surface area contributed by atoms with E-state index in [1.54, 1.807) is 16.7 Å². The van der Waals surface area contributed by atoms with Crippen molar-refractivity contribution in [1.82, 2.24) is 15.1 Å². The van der Waals surface area contributed by atoms with Crippen molar-refractivity contribution >= 4 is 23.6 Å². The van der Waals surface area contributed by atoms with Crippen molar-refractivity contribution in [1.29, 1.82) is 0 Å². The number of carbonyl (C=O) groups excluding carboxylic acids is 2. The molecule has 2 saturated heterocycles. The number of piperidine rings is 1. The Bertz CT molecular complexity index is 676. The molecule has 0 radical (unpaired) electrons. The van der Waals surface area contributed by atoms with Crippen molar-refractivity contribution in [3.8, 4) is 0 Å². The molecule has 0 aliphatic carbocycles. The standard InChI is InChI=1S/C21H31N3O2S/c1-21(2,3)16-7-5-15(6-8-16)19(25)24-14-27-13-18(24)20(26)23-11-9-17(22-4)10-12-23/h5-8,17-18,22H,9-14H2,1-4H3. The lowest BCUT2D eigenvalue weighted by molar-refractivity contribution is -0.136. The van der Waals surface area contributed by atoms with E-state index in [-0.39, 0.29) is 23.3 Å². The number of carbonyl (C=O) groups is 2. The fraction of sp³-hybridized carbons (Fsp3) is 0.619. The summed E-state index contributed by atoms with van der Waals surface area (Å²) in [4.78, 5) is 29.8.